The van der Waals surface area contributed by atoms with Gasteiger partial charge >= 0.3 is 0 Å². The first kappa shape index (κ1) is 8.78. The third kappa shape index (κ3) is 2.06. The summed E-state index contributed by atoms with van der Waals surface area (Å²) in [7, 11) is 1.89. The van der Waals surface area contributed by atoms with Crippen LogP contribution in [0.15, 0.2) is 0 Å². The molecule has 1 saturated heterocycles. The Kier molecular flexibility index (Phi) is 3.12. The van der Waals surface area contributed by atoms with Gasteiger partial charge in [-0.15, -0.1) is 0 Å². The standard InChI is InChI=1S/C8H16N2S/c1-3-7-4-5-10(6-7)8(11)9-2/h7H,3-6H2,1-2H3,(H,9,11). The van der Waals surface area contributed by atoms with Crippen molar-refractivity contribution in [2.45, 2.75) is 19.8 Å². The molecule has 1 atom stereocenters. The van der Waals surface area contributed by atoms with Crippen LogP contribution >= 0.6 is 12.2 Å². The van der Waals surface area contributed by atoms with Crippen LogP contribution in [0.2, 0.25) is 0 Å². The van der Waals surface area contributed by atoms with E-state index < -0.39 is 0 Å². The van der Waals surface area contributed by atoms with E-state index in [4.69, 9.17) is 12.2 Å². The van der Waals surface area contributed by atoms with Crippen molar-refractivity contribution in [2.75, 3.05) is 20.1 Å². The Labute approximate surface area is 74.0 Å². The second-order valence-electron chi connectivity index (χ2n) is 3.06. The van der Waals surface area contributed by atoms with Gasteiger partial charge in [-0.2, -0.15) is 0 Å². The molecule has 0 saturated carbocycles. The van der Waals surface area contributed by atoms with Crippen LogP contribution in [-0.2, 0) is 0 Å². The zero-order valence-electron chi connectivity index (χ0n) is 7.26. The number of hydrogen-bond donors (Lipinski definition) is 1. The number of thiocarbonyl (C=S) groups is 1. The Morgan fingerprint density at radius 3 is 2.91 bits per heavy atom. The Morgan fingerprint density at radius 1 is 1.73 bits per heavy atom. The van der Waals surface area contributed by atoms with Crippen LogP contribution in [0.1, 0.15) is 19.8 Å². The van der Waals surface area contributed by atoms with E-state index in [0.717, 1.165) is 24.1 Å². The molecule has 0 aromatic rings. The Bertz CT molecular complexity index is 147. The minimum absolute atomic E-state index is 0.862. The quantitative estimate of drug-likeness (QED) is 0.599. The van der Waals surface area contributed by atoms with E-state index in [0.29, 0.717) is 0 Å². The number of rotatable bonds is 1. The number of nitrogens with one attached hydrogen (secondary N) is 1. The Hall–Kier alpha value is -0.310. The molecule has 0 bridgehead atoms. The number of likely N-dealkylation sites (tertiary alicyclic amines) is 1. The first-order valence-electron chi connectivity index (χ1n) is 4.24. The van der Waals surface area contributed by atoms with Crippen molar-refractivity contribution in [1.82, 2.24) is 10.2 Å². The van der Waals surface area contributed by atoms with E-state index in [1.807, 2.05) is 7.05 Å². The van der Waals surface area contributed by atoms with E-state index in [9.17, 15) is 0 Å². The second kappa shape index (κ2) is 3.90. The van der Waals surface area contributed by atoms with Crippen LogP contribution in [0, 0.1) is 5.92 Å². The molecule has 3 heteroatoms. The Balaban J connectivity index is 2.35. The summed E-state index contributed by atoms with van der Waals surface area (Å²) in [5.41, 5.74) is 0. The van der Waals surface area contributed by atoms with Crippen molar-refractivity contribution in [3.8, 4) is 0 Å². The number of nitrogens with zero attached hydrogens (tertiary/aromatic N) is 1. The van der Waals surface area contributed by atoms with Crippen molar-refractivity contribution in [3.63, 3.8) is 0 Å². The zero-order valence-corrected chi connectivity index (χ0v) is 8.08. The lowest BCUT2D eigenvalue weighted by atomic mass is 10.1. The minimum atomic E-state index is 0.862. The predicted molar refractivity (Wildman–Crippen MR) is 51.6 cm³/mol. The SMILES string of the molecule is CCC1CCN(C(=S)NC)C1. The lowest BCUT2D eigenvalue weighted by molar-refractivity contribution is 0.468. The zero-order chi connectivity index (χ0) is 8.27. The Morgan fingerprint density at radius 2 is 2.45 bits per heavy atom. The molecular weight excluding hydrogens is 156 g/mol. The largest absolute Gasteiger partial charge is 0.366 e. The predicted octanol–water partition coefficient (Wildman–Crippen LogP) is 1.22. The second-order valence-corrected chi connectivity index (χ2v) is 3.45. The highest BCUT2D eigenvalue weighted by Crippen LogP contribution is 2.18. The molecule has 1 heterocycles. The molecule has 0 aromatic carbocycles. The van der Waals surface area contributed by atoms with Crippen LogP contribution < -0.4 is 5.32 Å². The summed E-state index contributed by atoms with van der Waals surface area (Å²) in [6, 6.07) is 0. The summed E-state index contributed by atoms with van der Waals surface area (Å²) in [5, 5.41) is 3.91. The van der Waals surface area contributed by atoms with Gasteiger partial charge in [-0.1, -0.05) is 13.3 Å². The highest BCUT2D eigenvalue weighted by molar-refractivity contribution is 7.80. The van der Waals surface area contributed by atoms with Crippen molar-refractivity contribution in [3.05, 3.63) is 0 Å². The molecule has 1 N–H and O–H groups in total. The van der Waals surface area contributed by atoms with Crippen LogP contribution in [-0.4, -0.2) is 30.1 Å². The molecular formula is C8H16N2S. The maximum Gasteiger partial charge on any atom is 0.168 e. The monoisotopic (exact) mass is 172 g/mol. The fourth-order valence-corrected chi connectivity index (χ4v) is 1.67. The topological polar surface area (TPSA) is 15.3 Å². The number of hydrogen-bond acceptors (Lipinski definition) is 1. The van der Waals surface area contributed by atoms with Gasteiger partial charge in [-0.3, -0.25) is 0 Å². The van der Waals surface area contributed by atoms with E-state index in [2.05, 4.69) is 17.1 Å². The summed E-state index contributed by atoms with van der Waals surface area (Å²) in [5.74, 6) is 0.862. The van der Waals surface area contributed by atoms with E-state index in [1.165, 1.54) is 12.8 Å². The molecule has 0 amide bonds. The fraction of sp³-hybridized carbons (Fsp3) is 0.875. The lowest BCUT2D eigenvalue weighted by Gasteiger charge is -2.18. The van der Waals surface area contributed by atoms with Crippen LogP contribution in [0.3, 0.4) is 0 Å². The summed E-state index contributed by atoms with van der Waals surface area (Å²) in [6.45, 7) is 4.53. The van der Waals surface area contributed by atoms with E-state index in [1.54, 1.807) is 0 Å². The fourth-order valence-electron chi connectivity index (χ4n) is 1.51. The van der Waals surface area contributed by atoms with Crippen LogP contribution in [0.4, 0.5) is 0 Å². The molecule has 1 fully saturated rings. The van der Waals surface area contributed by atoms with Gasteiger partial charge in [0.2, 0.25) is 0 Å². The van der Waals surface area contributed by atoms with Gasteiger partial charge in [0, 0.05) is 20.1 Å². The van der Waals surface area contributed by atoms with Gasteiger partial charge in [0.25, 0.3) is 0 Å². The van der Waals surface area contributed by atoms with E-state index in [-0.39, 0.29) is 0 Å². The molecule has 0 radical (unpaired) electrons. The third-order valence-electron chi connectivity index (χ3n) is 2.36. The first-order chi connectivity index (χ1) is 5.27. The van der Waals surface area contributed by atoms with Crippen molar-refractivity contribution < 1.29 is 0 Å². The highest BCUT2D eigenvalue weighted by atomic mass is 32.1. The van der Waals surface area contributed by atoms with Gasteiger partial charge in [-0.05, 0) is 24.6 Å². The molecule has 64 valence electrons. The van der Waals surface area contributed by atoms with Crippen LogP contribution in [0.25, 0.3) is 0 Å². The summed E-state index contributed by atoms with van der Waals surface area (Å²) < 4.78 is 0. The maximum absolute atomic E-state index is 5.13. The third-order valence-corrected chi connectivity index (χ3v) is 2.83. The first-order valence-corrected chi connectivity index (χ1v) is 4.65. The normalized spacial score (nSPS) is 23.8. The average molecular weight is 172 g/mol. The molecule has 1 rings (SSSR count). The van der Waals surface area contributed by atoms with Gasteiger partial charge in [0.1, 0.15) is 0 Å². The molecule has 0 aliphatic carbocycles. The molecule has 2 nitrogen and oxygen atoms in total. The van der Waals surface area contributed by atoms with Gasteiger partial charge in [0.05, 0.1) is 0 Å². The van der Waals surface area contributed by atoms with Crippen LogP contribution in [0.5, 0.6) is 0 Å². The lowest BCUT2D eigenvalue weighted by Crippen LogP contribution is -2.35. The van der Waals surface area contributed by atoms with Crippen molar-refractivity contribution in [1.29, 1.82) is 0 Å². The van der Waals surface area contributed by atoms with Crippen molar-refractivity contribution >= 4 is 17.3 Å². The molecule has 0 spiro atoms. The summed E-state index contributed by atoms with van der Waals surface area (Å²) in [6.07, 6.45) is 2.58. The summed E-state index contributed by atoms with van der Waals surface area (Å²) >= 11 is 5.13. The van der Waals surface area contributed by atoms with Crippen molar-refractivity contribution in [2.24, 2.45) is 5.92 Å². The highest BCUT2D eigenvalue weighted by Gasteiger charge is 2.21. The van der Waals surface area contributed by atoms with E-state index >= 15 is 0 Å². The van der Waals surface area contributed by atoms with Gasteiger partial charge in [0.15, 0.2) is 5.11 Å². The smallest absolute Gasteiger partial charge is 0.168 e. The molecule has 1 aliphatic rings. The average Bonchev–Trinajstić information content (AvgIpc) is 2.50. The molecule has 11 heavy (non-hydrogen) atoms. The van der Waals surface area contributed by atoms with Gasteiger partial charge < -0.3 is 10.2 Å². The maximum atomic E-state index is 5.13. The molecule has 1 aliphatic heterocycles. The summed E-state index contributed by atoms with van der Waals surface area (Å²) in [4.78, 5) is 2.25. The van der Waals surface area contributed by atoms with Gasteiger partial charge in [-0.25, -0.2) is 0 Å². The molecule has 1 unspecified atom stereocenters. The molecule has 0 aromatic heterocycles. The minimum Gasteiger partial charge on any atom is -0.366 e.